The molecule has 0 aliphatic rings. The second kappa shape index (κ2) is 28.1. The van der Waals surface area contributed by atoms with Gasteiger partial charge >= 0.3 is 17.9 Å². The van der Waals surface area contributed by atoms with Crippen LogP contribution in [0, 0.1) is 5.92 Å². The minimum absolute atomic E-state index is 0.0549. The number of carboxylic acids is 1. The number of ether oxygens (including phenoxy) is 2. The van der Waals surface area contributed by atoms with Gasteiger partial charge in [0.25, 0.3) is 0 Å². The third kappa shape index (κ3) is 19.8. The molecule has 0 fully saturated rings. The number of phenols is 1. The molecule has 0 saturated carbocycles. The lowest BCUT2D eigenvalue weighted by molar-refractivity contribution is -0.163. The van der Waals surface area contributed by atoms with Crippen molar-refractivity contribution in [3.8, 4) is 11.4 Å². The number of hydrogen-bond donors (Lipinski definition) is 5. The molecule has 0 radical (unpaired) electrons. The van der Waals surface area contributed by atoms with E-state index in [2.05, 4.69) is 27.8 Å². The van der Waals surface area contributed by atoms with Crippen LogP contribution in [-0.4, -0.2) is 93.1 Å². The highest BCUT2D eigenvalue weighted by Crippen LogP contribution is 2.36. The maximum atomic E-state index is 12.8. The Kier molecular flexibility index (Phi) is 23.4. The Morgan fingerprint density at radius 3 is 1.90 bits per heavy atom. The molecule has 14 nitrogen and oxygen atoms in total. The van der Waals surface area contributed by atoms with Crippen molar-refractivity contribution in [3.05, 3.63) is 47.5 Å². The number of aryl methyl sites for hydroxylation is 1. The Labute approximate surface area is 362 Å². The topological polar surface area (TPSA) is 202 Å². The van der Waals surface area contributed by atoms with E-state index in [9.17, 15) is 34.5 Å². The first kappa shape index (κ1) is 50.8. The van der Waals surface area contributed by atoms with Crippen molar-refractivity contribution >= 4 is 34.8 Å². The van der Waals surface area contributed by atoms with Gasteiger partial charge in [-0.05, 0) is 42.0 Å². The number of aliphatic carboxylic acids is 1. The number of hydrogen-bond acceptors (Lipinski definition) is 11. The number of aromatic hydroxyl groups is 1. The summed E-state index contributed by atoms with van der Waals surface area (Å²) >= 11 is 0. The van der Waals surface area contributed by atoms with Crippen LogP contribution in [0.15, 0.2) is 36.4 Å². The zero-order valence-corrected chi connectivity index (χ0v) is 37.2. The van der Waals surface area contributed by atoms with E-state index in [4.69, 9.17) is 9.47 Å². The summed E-state index contributed by atoms with van der Waals surface area (Å²) in [7, 11) is 0. The number of nitrogens with zero attached hydrogens (tertiary/aromatic N) is 3. The van der Waals surface area contributed by atoms with Gasteiger partial charge in [-0.25, -0.2) is 0 Å². The molecular formula is C47H73N5O9. The van der Waals surface area contributed by atoms with Crippen molar-refractivity contribution < 1.29 is 44.0 Å². The number of benzene rings is 2. The fraction of sp³-hybridized carbons (Fsp3) is 0.660. The molecular weight excluding hydrogens is 779 g/mol. The van der Waals surface area contributed by atoms with Crippen LogP contribution >= 0.6 is 0 Å². The summed E-state index contributed by atoms with van der Waals surface area (Å²) in [5, 5.41) is 45.4. The monoisotopic (exact) mass is 852 g/mol. The number of rotatable bonds is 32. The van der Waals surface area contributed by atoms with Crippen molar-refractivity contribution in [1.82, 2.24) is 25.6 Å². The van der Waals surface area contributed by atoms with Crippen LogP contribution in [0.4, 0.5) is 0 Å². The summed E-state index contributed by atoms with van der Waals surface area (Å²) in [5.74, 6) is -3.70. The largest absolute Gasteiger partial charge is 0.505 e. The smallest absolute Gasteiger partial charge is 0.308 e. The number of amides is 1. The Morgan fingerprint density at radius 2 is 1.36 bits per heavy atom. The van der Waals surface area contributed by atoms with Crippen molar-refractivity contribution in [1.29, 1.82) is 0 Å². The maximum Gasteiger partial charge on any atom is 0.308 e. The van der Waals surface area contributed by atoms with Crippen LogP contribution in [0.2, 0.25) is 0 Å². The van der Waals surface area contributed by atoms with Gasteiger partial charge in [0.1, 0.15) is 29.1 Å². The molecule has 0 spiro atoms. The van der Waals surface area contributed by atoms with Gasteiger partial charge in [-0.2, -0.15) is 0 Å². The van der Waals surface area contributed by atoms with Crippen LogP contribution in [-0.2, 0) is 40.5 Å². The van der Waals surface area contributed by atoms with Crippen LogP contribution < -0.4 is 10.6 Å². The molecule has 61 heavy (non-hydrogen) atoms. The molecule has 0 aliphatic heterocycles. The molecule has 1 amide bonds. The third-order valence-electron chi connectivity index (χ3n) is 10.8. The molecule has 1 aromatic heterocycles. The second-order valence-corrected chi connectivity index (χ2v) is 17.2. The number of aromatic nitrogens is 3. The first-order chi connectivity index (χ1) is 29.3. The predicted molar refractivity (Wildman–Crippen MR) is 237 cm³/mol. The lowest BCUT2D eigenvalue weighted by Gasteiger charge is -2.23. The number of unbranched alkanes of at least 4 members (excludes halogenated alkanes) is 14. The molecule has 2 unspecified atom stereocenters. The van der Waals surface area contributed by atoms with E-state index in [-0.39, 0.29) is 56.2 Å². The molecule has 14 heteroatoms. The molecule has 2 atom stereocenters. The highest BCUT2D eigenvalue weighted by Gasteiger charge is 2.25. The molecule has 0 bridgehead atoms. The molecule has 3 aromatic rings. The zero-order valence-electron chi connectivity index (χ0n) is 37.2. The van der Waals surface area contributed by atoms with Gasteiger partial charge in [0.05, 0.1) is 18.9 Å². The van der Waals surface area contributed by atoms with E-state index < -0.39 is 43.0 Å². The van der Waals surface area contributed by atoms with Crippen molar-refractivity contribution in [2.75, 3.05) is 32.8 Å². The van der Waals surface area contributed by atoms with Gasteiger partial charge in [-0.1, -0.05) is 136 Å². The van der Waals surface area contributed by atoms with Gasteiger partial charge in [0.2, 0.25) is 5.91 Å². The fourth-order valence-corrected chi connectivity index (χ4v) is 7.13. The van der Waals surface area contributed by atoms with E-state index in [1.807, 2.05) is 51.1 Å². The van der Waals surface area contributed by atoms with E-state index in [0.717, 1.165) is 24.8 Å². The maximum absolute atomic E-state index is 12.8. The minimum atomic E-state index is -1.20. The number of nitrogens with one attached hydrogen (secondary N) is 2. The SMILES string of the molecule is CCCCCCCCCCCCCCCCCC(=O)OCC(CO)OC(=O)CC(CNCCNC(=O)CCc1cc(-n2nc3ccccc3n2)c(O)c(C(C)(C)C)c1)C(=O)O. The summed E-state index contributed by atoms with van der Waals surface area (Å²) < 4.78 is 10.4. The molecule has 3 rings (SSSR count). The molecule has 2 aromatic carbocycles. The molecule has 5 N–H and O–H groups in total. The third-order valence-corrected chi connectivity index (χ3v) is 10.8. The van der Waals surface area contributed by atoms with Gasteiger partial charge < -0.3 is 35.4 Å². The Bertz CT molecular complexity index is 1740. The van der Waals surface area contributed by atoms with Crippen LogP contribution in [0.3, 0.4) is 0 Å². The van der Waals surface area contributed by atoms with Crippen molar-refractivity contribution in [2.24, 2.45) is 5.92 Å². The van der Waals surface area contributed by atoms with E-state index in [0.29, 0.717) is 35.1 Å². The van der Waals surface area contributed by atoms with Crippen molar-refractivity contribution in [3.63, 3.8) is 0 Å². The number of esters is 2. The van der Waals surface area contributed by atoms with E-state index in [1.165, 1.54) is 75.4 Å². The molecule has 0 aliphatic carbocycles. The molecule has 1 heterocycles. The molecule has 340 valence electrons. The highest BCUT2D eigenvalue weighted by atomic mass is 16.6. The average molecular weight is 852 g/mol. The first-order valence-corrected chi connectivity index (χ1v) is 22.7. The average Bonchev–Trinajstić information content (AvgIpc) is 3.66. The van der Waals surface area contributed by atoms with E-state index in [1.54, 1.807) is 6.07 Å². The highest BCUT2D eigenvalue weighted by molar-refractivity contribution is 5.79. The summed E-state index contributed by atoms with van der Waals surface area (Å²) in [6.07, 6.45) is 17.7. The van der Waals surface area contributed by atoms with Crippen molar-refractivity contribution in [2.45, 2.75) is 161 Å². The number of aliphatic hydroxyl groups is 1. The van der Waals surface area contributed by atoms with E-state index >= 15 is 0 Å². The number of carbonyl (C=O) groups is 4. The lowest BCUT2D eigenvalue weighted by Crippen LogP contribution is -2.37. The molecule has 0 saturated heterocycles. The minimum Gasteiger partial charge on any atom is -0.505 e. The predicted octanol–water partition coefficient (Wildman–Crippen LogP) is 7.86. The van der Waals surface area contributed by atoms with Gasteiger partial charge in [-0.3, -0.25) is 19.2 Å². The van der Waals surface area contributed by atoms with Crippen LogP contribution in [0.5, 0.6) is 5.75 Å². The van der Waals surface area contributed by atoms with Gasteiger partial charge in [-0.15, -0.1) is 15.0 Å². The standard InChI is InChI=1S/C47H73N5O9/c1-5-6-7-8-9-10-11-12-13-14-15-16-17-18-19-24-43(55)60-34-37(33-53)61-44(56)31-36(46(58)59)32-48-27-28-49-42(54)26-25-35-29-38(47(2,3)4)45(57)41(30-35)52-50-39-22-20-21-23-40(39)51-52/h20-23,29-30,36-37,48,53,57H,5-19,24-28,31-34H2,1-4H3,(H,49,54)(H,58,59). The Morgan fingerprint density at radius 1 is 0.787 bits per heavy atom. The normalized spacial score (nSPS) is 12.6. The van der Waals surface area contributed by atoms with Gasteiger partial charge in [0.15, 0.2) is 6.10 Å². The summed E-state index contributed by atoms with van der Waals surface area (Å²) in [6.45, 7) is 7.78. The number of aliphatic hydroxyl groups excluding tert-OH is 1. The number of carbonyl (C=O) groups excluding carboxylic acids is 3. The van der Waals surface area contributed by atoms with Crippen LogP contribution in [0.1, 0.15) is 154 Å². The Balaban J connectivity index is 1.28. The summed E-state index contributed by atoms with van der Waals surface area (Å²) in [6, 6.07) is 11.1. The second-order valence-electron chi connectivity index (χ2n) is 17.2. The van der Waals surface area contributed by atoms with Gasteiger partial charge in [0, 0.05) is 38.0 Å². The fourth-order valence-electron chi connectivity index (χ4n) is 7.13. The number of carboxylic acid groups (broad SMARTS) is 1. The summed E-state index contributed by atoms with van der Waals surface area (Å²) in [4.78, 5) is 50.9. The number of fused-ring (bicyclic) bond motifs is 1. The summed E-state index contributed by atoms with van der Waals surface area (Å²) in [5.41, 5.74) is 2.96. The first-order valence-electron chi connectivity index (χ1n) is 22.7. The zero-order chi connectivity index (χ0) is 44.5. The lowest BCUT2D eigenvalue weighted by atomic mass is 9.84. The Hall–Kier alpha value is -4.56. The quantitative estimate of drug-likeness (QED) is 0.0301. The number of phenolic OH excluding ortho intramolecular Hbond substituents is 1. The van der Waals surface area contributed by atoms with Crippen LogP contribution in [0.25, 0.3) is 16.7 Å².